The third-order valence-electron chi connectivity index (χ3n) is 4.86. The molecular weight excluding hydrogens is 248 g/mol. The van der Waals surface area contributed by atoms with E-state index >= 15 is 0 Å². The molecule has 2 atom stereocenters. The molecule has 1 aliphatic rings. The maximum atomic E-state index is 2.41. The van der Waals surface area contributed by atoms with Gasteiger partial charge >= 0.3 is 0 Å². The zero-order chi connectivity index (χ0) is 13.6. The Hall–Kier alpha value is -1.08. The number of hydrogen-bond acceptors (Lipinski definition) is 1. The maximum Gasteiger partial charge on any atom is 0.00548 e. The number of benzene rings is 1. The number of aryl methyl sites for hydroxylation is 3. The Morgan fingerprint density at radius 2 is 1.79 bits per heavy atom. The number of thiophene rings is 1. The average molecular weight is 270 g/mol. The Morgan fingerprint density at radius 1 is 1.05 bits per heavy atom. The van der Waals surface area contributed by atoms with Gasteiger partial charge in [-0.25, -0.2) is 0 Å². The molecule has 100 valence electrons. The van der Waals surface area contributed by atoms with Gasteiger partial charge in [-0.3, -0.25) is 0 Å². The first-order valence-corrected chi connectivity index (χ1v) is 8.05. The maximum absolute atomic E-state index is 2.41. The van der Waals surface area contributed by atoms with Crippen LogP contribution in [0.3, 0.4) is 0 Å². The molecule has 0 nitrogen and oxygen atoms in total. The molecule has 0 bridgehead atoms. The van der Waals surface area contributed by atoms with Crippen molar-refractivity contribution in [2.75, 3.05) is 0 Å². The summed E-state index contributed by atoms with van der Waals surface area (Å²) in [7, 11) is 0. The van der Waals surface area contributed by atoms with Crippen LogP contribution < -0.4 is 0 Å². The van der Waals surface area contributed by atoms with Crippen molar-refractivity contribution in [3.8, 4) is 0 Å². The van der Waals surface area contributed by atoms with E-state index in [0.717, 1.165) is 0 Å². The van der Waals surface area contributed by atoms with Crippen LogP contribution in [-0.4, -0.2) is 0 Å². The van der Waals surface area contributed by atoms with Crippen molar-refractivity contribution < 1.29 is 0 Å². The lowest BCUT2D eigenvalue weighted by Crippen LogP contribution is -2.17. The molecule has 1 heteroatoms. The van der Waals surface area contributed by atoms with E-state index in [0.29, 0.717) is 11.8 Å². The summed E-state index contributed by atoms with van der Waals surface area (Å²) in [5.41, 5.74) is 6.32. The van der Waals surface area contributed by atoms with Crippen molar-refractivity contribution in [2.24, 2.45) is 0 Å². The molecule has 1 unspecified atom stereocenters. The molecule has 0 saturated carbocycles. The van der Waals surface area contributed by atoms with Crippen LogP contribution >= 0.6 is 11.3 Å². The Bertz CT molecular complexity index is 606. The van der Waals surface area contributed by atoms with E-state index in [-0.39, 0.29) is 0 Å². The van der Waals surface area contributed by atoms with Crippen LogP contribution in [0.25, 0.3) is 0 Å². The van der Waals surface area contributed by atoms with Crippen molar-refractivity contribution >= 4 is 11.3 Å². The van der Waals surface area contributed by atoms with E-state index in [4.69, 9.17) is 0 Å². The van der Waals surface area contributed by atoms with E-state index < -0.39 is 0 Å². The second-order valence-corrected chi connectivity index (χ2v) is 7.31. The molecular formula is C18H22S. The fourth-order valence-corrected chi connectivity index (χ4v) is 4.87. The predicted molar refractivity (Wildman–Crippen MR) is 84.4 cm³/mol. The Morgan fingerprint density at radius 3 is 2.47 bits per heavy atom. The van der Waals surface area contributed by atoms with E-state index in [1.165, 1.54) is 22.6 Å². The van der Waals surface area contributed by atoms with Gasteiger partial charge in [-0.05, 0) is 67.7 Å². The quantitative estimate of drug-likeness (QED) is 0.641. The van der Waals surface area contributed by atoms with Crippen LogP contribution in [-0.2, 0) is 6.42 Å². The first-order valence-electron chi connectivity index (χ1n) is 7.24. The topological polar surface area (TPSA) is 0 Å². The van der Waals surface area contributed by atoms with Gasteiger partial charge in [-0.15, -0.1) is 11.3 Å². The van der Waals surface area contributed by atoms with Crippen molar-refractivity contribution in [1.29, 1.82) is 0 Å². The third kappa shape index (κ3) is 2.04. The highest BCUT2D eigenvalue weighted by Crippen LogP contribution is 2.46. The smallest absolute Gasteiger partial charge is 0.00548 e. The van der Waals surface area contributed by atoms with Crippen LogP contribution in [0.1, 0.15) is 57.2 Å². The van der Waals surface area contributed by atoms with Gasteiger partial charge < -0.3 is 0 Å². The standard InChI is InChI=1S/C18H22S/c1-11-13(3)19-14(4)18(11)17-10-9-15-7-5-6-8-16(15)12(17)2/h5-8,12,17H,9-10H2,1-4H3/t12-,17?/m1/s1. The van der Waals surface area contributed by atoms with Gasteiger partial charge in [0.05, 0.1) is 0 Å². The van der Waals surface area contributed by atoms with Crippen molar-refractivity contribution in [2.45, 2.75) is 52.4 Å². The SMILES string of the molecule is Cc1sc(C)c(C2CCc3ccccc3[C@H]2C)c1C. The first kappa shape index (κ1) is 12.9. The van der Waals surface area contributed by atoms with Gasteiger partial charge in [0, 0.05) is 9.75 Å². The number of hydrogen-bond donors (Lipinski definition) is 0. The van der Waals surface area contributed by atoms with Crippen LogP contribution in [0.5, 0.6) is 0 Å². The molecule has 0 radical (unpaired) electrons. The second kappa shape index (κ2) is 4.79. The van der Waals surface area contributed by atoms with Gasteiger partial charge in [-0.2, -0.15) is 0 Å². The van der Waals surface area contributed by atoms with Gasteiger partial charge in [0.15, 0.2) is 0 Å². The fourth-order valence-electron chi connectivity index (χ4n) is 3.73. The monoisotopic (exact) mass is 270 g/mol. The van der Waals surface area contributed by atoms with Crippen LogP contribution in [0.15, 0.2) is 24.3 Å². The molecule has 1 heterocycles. The molecule has 0 fully saturated rings. The van der Waals surface area contributed by atoms with E-state index in [1.54, 1.807) is 22.3 Å². The molecule has 3 rings (SSSR count). The number of fused-ring (bicyclic) bond motifs is 1. The minimum atomic E-state index is 0.649. The molecule has 19 heavy (non-hydrogen) atoms. The lowest BCUT2D eigenvalue weighted by Gasteiger charge is -2.32. The summed E-state index contributed by atoms with van der Waals surface area (Å²) in [6, 6.07) is 9.00. The first-order chi connectivity index (χ1) is 9.09. The summed E-state index contributed by atoms with van der Waals surface area (Å²) in [5, 5.41) is 0. The molecule has 1 aliphatic carbocycles. The van der Waals surface area contributed by atoms with E-state index in [2.05, 4.69) is 52.0 Å². The van der Waals surface area contributed by atoms with Gasteiger partial charge in [0.25, 0.3) is 0 Å². The van der Waals surface area contributed by atoms with Gasteiger partial charge in [0.1, 0.15) is 0 Å². The Kier molecular flexibility index (Phi) is 3.26. The Labute approximate surface area is 120 Å². The lowest BCUT2D eigenvalue weighted by atomic mass is 9.72. The summed E-state index contributed by atoms with van der Waals surface area (Å²) in [5.74, 6) is 1.36. The fraction of sp³-hybridized carbons (Fsp3) is 0.444. The van der Waals surface area contributed by atoms with Crippen LogP contribution in [0, 0.1) is 20.8 Å². The van der Waals surface area contributed by atoms with Crippen LogP contribution in [0.4, 0.5) is 0 Å². The van der Waals surface area contributed by atoms with Crippen molar-refractivity contribution in [1.82, 2.24) is 0 Å². The van der Waals surface area contributed by atoms with Crippen LogP contribution in [0.2, 0.25) is 0 Å². The summed E-state index contributed by atoms with van der Waals surface area (Å²) >= 11 is 1.97. The molecule has 0 aliphatic heterocycles. The zero-order valence-corrected chi connectivity index (χ0v) is 13.1. The van der Waals surface area contributed by atoms with E-state index in [9.17, 15) is 0 Å². The van der Waals surface area contributed by atoms with Gasteiger partial charge in [-0.1, -0.05) is 31.2 Å². The largest absolute Gasteiger partial charge is 0.145 e. The average Bonchev–Trinajstić information content (AvgIpc) is 2.65. The highest BCUT2D eigenvalue weighted by molar-refractivity contribution is 7.12. The summed E-state index contributed by atoms with van der Waals surface area (Å²) in [4.78, 5) is 3.03. The molecule has 0 spiro atoms. The minimum absolute atomic E-state index is 0.649. The molecule has 0 N–H and O–H groups in total. The third-order valence-corrected chi connectivity index (χ3v) is 6.00. The summed E-state index contributed by atoms with van der Waals surface area (Å²) in [6.45, 7) is 9.28. The van der Waals surface area contributed by atoms with Gasteiger partial charge in [0.2, 0.25) is 0 Å². The second-order valence-electron chi connectivity index (χ2n) is 5.89. The molecule has 2 aromatic rings. The molecule has 0 amide bonds. The molecule has 0 saturated heterocycles. The lowest BCUT2D eigenvalue weighted by molar-refractivity contribution is 0.499. The Balaban J connectivity index is 2.05. The molecule has 1 aromatic carbocycles. The highest BCUT2D eigenvalue weighted by atomic mass is 32.1. The highest BCUT2D eigenvalue weighted by Gasteiger charge is 2.30. The van der Waals surface area contributed by atoms with E-state index in [1.807, 2.05) is 11.3 Å². The normalized spacial score (nSPS) is 22.3. The summed E-state index contributed by atoms with van der Waals surface area (Å²) in [6.07, 6.45) is 2.54. The van der Waals surface area contributed by atoms with Crippen molar-refractivity contribution in [3.05, 3.63) is 56.3 Å². The zero-order valence-electron chi connectivity index (χ0n) is 12.3. The number of rotatable bonds is 1. The predicted octanol–water partition coefficient (Wildman–Crippen LogP) is 5.51. The summed E-state index contributed by atoms with van der Waals surface area (Å²) < 4.78 is 0. The molecule has 1 aromatic heterocycles. The minimum Gasteiger partial charge on any atom is -0.145 e. The van der Waals surface area contributed by atoms with Crippen molar-refractivity contribution in [3.63, 3.8) is 0 Å².